The predicted octanol–water partition coefficient (Wildman–Crippen LogP) is 3.62. The molecule has 25 heavy (non-hydrogen) atoms. The fraction of sp³-hybridized carbons (Fsp3) is 0.381. The van der Waals surface area contributed by atoms with E-state index in [2.05, 4.69) is 35.2 Å². The highest BCUT2D eigenvalue weighted by Gasteiger charge is 2.24. The Bertz CT molecular complexity index is 744. The van der Waals surface area contributed by atoms with E-state index in [4.69, 9.17) is 9.78 Å². The summed E-state index contributed by atoms with van der Waals surface area (Å²) < 4.78 is 0. The van der Waals surface area contributed by atoms with Gasteiger partial charge in [0, 0.05) is 37.1 Å². The van der Waals surface area contributed by atoms with Crippen LogP contribution in [0.5, 0.6) is 5.75 Å². The van der Waals surface area contributed by atoms with Gasteiger partial charge in [-0.05, 0) is 42.6 Å². The van der Waals surface area contributed by atoms with E-state index in [0.717, 1.165) is 42.9 Å². The number of likely N-dealkylation sites (tertiary alicyclic amines) is 1. The zero-order chi connectivity index (χ0) is 17.1. The average Bonchev–Trinajstić information content (AvgIpc) is 3.15. The van der Waals surface area contributed by atoms with Gasteiger partial charge in [-0.25, -0.2) is 0 Å². The van der Waals surface area contributed by atoms with Crippen molar-refractivity contribution in [1.29, 1.82) is 0 Å². The minimum absolute atomic E-state index is 0.206. The van der Waals surface area contributed by atoms with Gasteiger partial charge in [0.05, 0.1) is 6.61 Å². The summed E-state index contributed by atoms with van der Waals surface area (Å²) >= 11 is 0. The third-order valence-electron chi connectivity index (χ3n) is 5.18. The number of Topliss-reactive ketones (excluding diaryl/α,β-unsaturated/α-hetero) is 1. The summed E-state index contributed by atoms with van der Waals surface area (Å²) in [7, 11) is 0. The maximum Gasteiger partial charge on any atom is 0.168 e. The molecule has 0 saturated carbocycles. The molecule has 2 aliphatic heterocycles. The van der Waals surface area contributed by atoms with Crippen LogP contribution in [0.4, 0.5) is 0 Å². The molecule has 0 aliphatic carbocycles. The number of carbonyl (C=O) groups is 1. The Morgan fingerprint density at radius 3 is 2.92 bits per heavy atom. The smallest absolute Gasteiger partial charge is 0.168 e. The molecule has 4 nitrogen and oxygen atoms in total. The van der Waals surface area contributed by atoms with Crippen LogP contribution in [-0.4, -0.2) is 36.9 Å². The molecular weight excluding hydrogens is 314 g/mol. The van der Waals surface area contributed by atoms with Gasteiger partial charge in [-0.15, -0.1) is 0 Å². The molecule has 2 aromatic rings. The van der Waals surface area contributed by atoms with Crippen molar-refractivity contribution >= 4 is 5.78 Å². The lowest BCUT2D eigenvalue weighted by molar-refractivity contribution is -0.215. The molecule has 2 aliphatic rings. The molecule has 1 saturated heterocycles. The van der Waals surface area contributed by atoms with E-state index in [-0.39, 0.29) is 5.78 Å². The number of carbonyl (C=O) groups excluding carboxylic acids is 1. The first kappa shape index (κ1) is 16.3. The fourth-order valence-electron chi connectivity index (χ4n) is 3.72. The van der Waals surface area contributed by atoms with Crippen LogP contribution in [0.25, 0.3) is 0 Å². The van der Waals surface area contributed by atoms with Crippen molar-refractivity contribution in [3.8, 4) is 5.75 Å². The van der Waals surface area contributed by atoms with Crippen LogP contribution in [0.3, 0.4) is 0 Å². The van der Waals surface area contributed by atoms with E-state index in [1.54, 1.807) is 0 Å². The van der Waals surface area contributed by atoms with Gasteiger partial charge in [-0.2, -0.15) is 4.89 Å². The minimum Gasteiger partial charge on any atom is -0.337 e. The first-order valence-electron chi connectivity index (χ1n) is 9.02. The highest BCUT2D eigenvalue weighted by molar-refractivity contribution is 5.96. The molecule has 0 N–H and O–H groups in total. The predicted molar refractivity (Wildman–Crippen MR) is 95.9 cm³/mol. The van der Waals surface area contributed by atoms with Crippen LogP contribution < -0.4 is 4.89 Å². The third kappa shape index (κ3) is 3.75. The summed E-state index contributed by atoms with van der Waals surface area (Å²) in [5.74, 6) is 1.53. The van der Waals surface area contributed by atoms with E-state index in [0.29, 0.717) is 18.9 Å². The topological polar surface area (TPSA) is 38.8 Å². The van der Waals surface area contributed by atoms with E-state index in [9.17, 15) is 4.79 Å². The first-order valence-corrected chi connectivity index (χ1v) is 9.02. The zero-order valence-corrected chi connectivity index (χ0v) is 14.3. The van der Waals surface area contributed by atoms with Crippen molar-refractivity contribution in [2.45, 2.75) is 25.2 Å². The Balaban J connectivity index is 1.32. The summed E-state index contributed by atoms with van der Waals surface area (Å²) in [6.45, 7) is 3.49. The zero-order valence-electron chi connectivity index (χ0n) is 14.3. The first-order chi connectivity index (χ1) is 12.3. The maximum atomic E-state index is 12.5. The van der Waals surface area contributed by atoms with Gasteiger partial charge in [0.2, 0.25) is 0 Å². The molecule has 2 heterocycles. The monoisotopic (exact) mass is 337 g/mol. The van der Waals surface area contributed by atoms with E-state index in [1.165, 1.54) is 12.0 Å². The normalized spacial score (nSPS) is 20.1. The van der Waals surface area contributed by atoms with Crippen molar-refractivity contribution in [2.75, 3.05) is 26.2 Å². The van der Waals surface area contributed by atoms with Crippen molar-refractivity contribution in [3.05, 3.63) is 65.2 Å². The third-order valence-corrected chi connectivity index (χ3v) is 5.18. The SMILES string of the molecule is O=C(CCN1CCC(c2ccccc2)C1)c1ccc2c(c1)CCOO2. The summed E-state index contributed by atoms with van der Waals surface area (Å²) in [5.41, 5.74) is 3.25. The number of ketones is 1. The average molecular weight is 337 g/mol. The van der Waals surface area contributed by atoms with Crippen LogP contribution in [-0.2, 0) is 11.3 Å². The molecule has 1 unspecified atom stereocenters. The highest BCUT2D eigenvalue weighted by atomic mass is 17.2. The largest absolute Gasteiger partial charge is 0.337 e. The van der Waals surface area contributed by atoms with Crippen molar-refractivity contribution in [2.24, 2.45) is 0 Å². The maximum absolute atomic E-state index is 12.5. The van der Waals surface area contributed by atoms with Crippen LogP contribution in [0.15, 0.2) is 48.5 Å². The summed E-state index contributed by atoms with van der Waals surface area (Å²) in [6, 6.07) is 16.3. The summed E-state index contributed by atoms with van der Waals surface area (Å²) in [6.07, 6.45) is 2.54. The second kappa shape index (κ2) is 7.38. The number of benzene rings is 2. The molecule has 0 amide bonds. The second-order valence-electron chi connectivity index (χ2n) is 6.85. The van der Waals surface area contributed by atoms with Crippen molar-refractivity contribution in [1.82, 2.24) is 4.90 Å². The lowest BCUT2D eigenvalue weighted by Gasteiger charge is -2.17. The van der Waals surface area contributed by atoms with Gasteiger partial charge >= 0.3 is 0 Å². The quantitative estimate of drug-likeness (QED) is 0.617. The van der Waals surface area contributed by atoms with Gasteiger partial charge in [-0.3, -0.25) is 4.79 Å². The Morgan fingerprint density at radius 1 is 1.16 bits per heavy atom. The molecule has 0 bridgehead atoms. The van der Waals surface area contributed by atoms with Gasteiger partial charge in [0.15, 0.2) is 11.5 Å². The lowest BCUT2D eigenvalue weighted by Crippen LogP contribution is -2.23. The Labute approximate surface area is 148 Å². The number of nitrogens with zero attached hydrogens (tertiary/aromatic N) is 1. The fourth-order valence-corrected chi connectivity index (χ4v) is 3.72. The van der Waals surface area contributed by atoms with Gasteiger partial charge < -0.3 is 9.79 Å². The lowest BCUT2D eigenvalue weighted by atomic mass is 9.99. The molecule has 0 aromatic heterocycles. The van der Waals surface area contributed by atoms with Crippen LogP contribution in [0.2, 0.25) is 0 Å². The Hall–Kier alpha value is -2.17. The molecule has 0 radical (unpaired) electrons. The highest BCUT2D eigenvalue weighted by Crippen LogP contribution is 2.28. The molecule has 1 atom stereocenters. The molecule has 0 spiro atoms. The summed E-state index contributed by atoms with van der Waals surface area (Å²) in [4.78, 5) is 25.0. The van der Waals surface area contributed by atoms with E-state index < -0.39 is 0 Å². The van der Waals surface area contributed by atoms with Crippen molar-refractivity contribution < 1.29 is 14.6 Å². The Kier molecular flexibility index (Phi) is 4.81. The number of hydrogen-bond donors (Lipinski definition) is 0. The molecular formula is C21H23NO3. The van der Waals surface area contributed by atoms with Crippen molar-refractivity contribution in [3.63, 3.8) is 0 Å². The van der Waals surface area contributed by atoms with Gasteiger partial charge in [-0.1, -0.05) is 30.3 Å². The minimum atomic E-state index is 0.206. The summed E-state index contributed by atoms with van der Waals surface area (Å²) in [5, 5.41) is 0. The van der Waals surface area contributed by atoms with Gasteiger partial charge in [0.25, 0.3) is 0 Å². The number of fused-ring (bicyclic) bond motifs is 1. The number of hydrogen-bond acceptors (Lipinski definition) is 4. The number of rotatable bonds is 5. The van der Waals surface area contributed by atoms with Crippen LogP contribution in [0.1, 0.15) is 40.2 Å². The Morgan fingerprint density at radius 2 is 2.04 bits per heavy atom. The van der Waals surface area contributed by atoms with E-state index >= 15 is 0 Å². The molecule has 130 valence electrons. The van der Waals surface area contributed by atoms with Crippen LogP contribution >= 0.6 is 0 Å². The standard InChI is InChI=1S/C21H23NO3/c23-20(17-6-7-21-18(14-17)10-13-24-25-21)9-12-22-11-8-19(15-22)16-4-2-1-3-5-16/h1-7,14,19H,8-13,15H2. The molecule has 2 aromatic carbocycles. The molecule has 1 fully saturated rings. The van der Waals surface area contributed by atoms with E-state index in [1.807, 2.05) is 18.2 Å². The molecule has 4 rings (SSSR count). The van der Waals surface area contributed by atoms with Gasteiger partial charge in [0.1, 0.15) is 0 Å². The second-order valence-corrected chi connectivity index (χ2v) is 6.85. The molecule has 4 heteroatoms. The van der Waals surface area contributed by atoms with Crippen LogP contribution in [0, 0.1) is 0 Å².